The SMILES string of the molecule is CCOC(=O)c1c(C)sc(-c2c(-c3cc4ccccc4o3)[nH]c3c2c(=O)n(C)c(=O)n3C)c1O. The van der Waals surface area contributed by atoms with Crippen LogP contribution in [0.2, 0.25) is 0 Å². The first kappa shape index (κ1) is 21.8. The fourth-order valence-electron chi connectivity index (χ4n) is 4.18. The molecule has 4 heterocycles. The summed E-state index contributed by atoms with van der Waals surface area (Å²) in [7, 11) is 2.95. The van der Waals surface area contributed by atoms with Gasteiger partial charge in [0.15, 0.2) is 5.76 Å². The molecule has 0 aliphatic carbocycles. The number of H-pyrrole nitrogens is 1. The van der Waals surface area contributed by atoms with E-state index in [4.69, 9.17) is 9.15 Å². The summed E-state index contributed by atoms with van der Waals surface area (Å²) in [5.41, 5.74) is 0.704. The lowest BCUT2D eigenvalue weighted by molar-refractivity contribution is 0.0523. The number of para-hydroxylation sites is 1. The van der Waals surface area contributed by atoms with E-state index in [1.165, 1.54) is 11.6 Å². The van der Waals surface area contributed by atoms with Gasteiger partial charge in [0.05, 0.1) is 22.6 Å². The van der Waals surface area contributed by atoms with Crippen LogP contribution in [-0.2, 0) is 18.8 Å². The van der Waals surface area contributed by atoms with Gasteiger partial charge in [-0.15, -0.1) is 11.3 Å². The summed E-state index contributed by atoms with van der Waals surface area (Å²) in [5, 5.41) is 12.2. The Morgan fingerprint density at radius 2 is 1.94 bits per heavy atom. The Morgan fingerprint density at radius 1 is 1.21 bits per heavy atom. The van der Waals surface area contributed by atoms with Crippen molar-refractivity contribution in [2.45, 2.75) is 13.8 Å². The van der Waals surface area contributed by atoms with Crippen molar-refractivity contribution < 1.29 is 19.1 Å². The molecule has 0 unspecified atom stereocenters. The highest BCUT2D eigenvalue weighted by atomic mass is 32.1. The van der Waals surface area contributed by atoms with Crippen LogP contribution in [0.3, 0.4) is 0 Å². The van der Waals surface area contributed by atoms with Gasteiger partial charge < -0.3 is 19.2 Å². The molecule has 0 aliphatic rings. The van der Waals surface area contributed by atoms with Gasteiger partial charge in [0, 0.05) is 29.9 Å². The number of ether oxygens (including phenoxy) is 1. The number of aromatic hydroxyl groups is 1. The zero-order chi connectivity index (χ0) is 24.3. The minimum atomic E-state index is -0.648. The summed E-state index contributed by atoms with van der Waals surface area (Å²) in [4.78, 5) is 42.4. The van der Waals surface area contributed by atoms with Crippen LogP contribution in [0.4, 0.5) is 0 Å². The number of aryl methyl sites for hydroxylation is 2. The number of nitrogens with zero attached hydrogens (tertiary/aromatic N) is 2. The smallest absolute Gasteiger partial charge is 0.343 e. The number of aromatic nitrogens is 3. The van der Waals surface area contributed by atoms with Crippen LogP contribution in [0.15, 0.2) is 44.3 Å². The summed E-state index contributed by atoms with van der Waals surface area (Å²) < 4.78 is 13.5. The van der Waals surface area contributed by atoms with Crippen molar-refractivity contribution in [3.8, 4) is 27.6 Å². The second-order valence-corrected chi connectivity index (χ2v) is 9.11. The van der Waals surface area contributed by atoms with E-state index >= 15 is 0 Å². The first-order valence-corrected chi connectivity index (χ1v) is 11.4. The second-order valence-electron chi connectivity index (χ2n) is 7.88. The Morgan fingerprint density at radius 3 is 2.65 bits per heavy atom. The molecule has 0 amide bonds. The lowest BCUT2D eigenvalue weighted by atomic mass is 10.1. The predicted octanol–water partition coefficient (Wildman–Crippen LogP) is 3.90. The van der Waals surface area contributed by atoms with Crippen LogP contribution in [-0.4, -0.2) is 31.8 Å². The van der Waals surface area contributed by atoms with Crippen LogP contribution in [0, 0.1) is 6.92 Å². The summed E-state index contributed by atoms with van der Waals surface area (Å²) in [6, 6.07) is 9.26. The van der Waals surface area contributed by atoms with Gasteiger partial charge in [-0.2, -0.15) is 0 Å². The molecule has 5 rings (SSSR count). The third-order valence-electron chi connectivity index (χ3n) is 5.85. The second kappa shape index (κ2) is 7.77. The number of benzene rings is 1. The number of hydrogen-bond acceptors (Lipinski definition) is 7. The van der Waals surface area contributed by atoms with Crippen LogP contribution in [0.25, 0.3) is 43.9 Å². The van der Waals surface area contributed by atoms with E-state index in [2.05, 4.69) is 4.98 Å². The Bertz CT molecular complexity index is 1700. The molecule has 1 aromatic carbocycles. The van der Waals surface area contributed by atoms with Gasteiger partial charge in [-0.05, 0) is 26.0 Å². The number of nitrogens with one attached hydrogen (secondary N) is 1. The van der Waals surface area contributed by atoms with Crippen molar-refractivity contribution in [3.05, 3.63) is 61.6 Å². The number of aromatic amines is 1. The quantitative estimate of drug-likeness (QED) is 0.377. The average molecular weight is 480 g/mol. The van der Waals surface area contributed by atoms with Crippen molar-refractivity contribution in [1.82, 2.24) is 14.1 Å². The van der Waals surface area contributed by atoms with Crippen molar-refractivity contribution >= 4 is 39.3 Å². The maximum absolute atomic E-state index is 13.3. The Hall–Kier alpha value is -4.05. The number of rotatable bonds is 4. The van der Waals surface area contributed by atoms with Crippen molar-refractivity contribution in [2.75, 3.05) is 6.61 Å². The molecule has 174 valence electrons. The molecule has 0 aliphatic heterocycles. The molecule has 0 saturated carbocycles. The van der Waals surface area contributed by atoms with Gasteiger partial charge in [-0.1, -0.05) is 18.2 Å². The Kier molecular flexibility index (Phi) is 4.98. The van der Waals surface area contributed by atoms with E-state index in [9.17, 15) is 19.5 Å². The molecule has 0 saturated heterocycles. The van der Waals surface area contributed by atoms with Crippen molar-refractivity contribution in [2.24, 2.45) is 14.1 Å². The summed E-state index contributed by atoms with van der Waals surface area (Å²) in [6.07, 6.45) is 0. The van der Waals surface area contributed by atoms with Gasteiger partial charge in [0.1, 0.15) is 22.5 Å². The van der Waals surface area contributed by atoms with E-state index in [0.717, 1.165) is 21.3 Å². The van der Waals surface area contributed by atoms with Crippen LogP contribution in [0.1, 0.15) is 22.2 Å². The maximum Gasteiger partial charge on any atom is 0.343 e. The highest BCUT2D eigenvalue weighted by molar-refractivity contribution is 7.16. The molecule has 9 nitrogen and oxygen atoms in total. The lowest BCUT2D eigenvalue weighted by Gasteiger charge is -2.05. The van der Waals surface area contributed by atoms with E-state index in [0.29, 0.717) is 32.4 Å². The molecule has 0 bridgehead atoms. The van der Waals surface area contributed by atoms with Gasteiger partial charge in [0.25, 0.3) is 5.56 Å². The number of thiophene rings is 1. The number of esters is 1. The number of furan rings is 1. The normalized spacial score (nSPS) is 11.5. The van der Waals surface area contributed by atoms with Gasteiger partial charge in [-0.3, -0.25) is 13.9 Å². The number of fused-ring (bicyclic) bond motifs is 2. The molecule has 0 atom stereocenters. The first-order valence-electron chi connectivity index (χ1n) is 10.5. The predicted molar refractivity (Wildman–Crippen MR) is 130 cm³/mol. The fraction of sp³-hybridized carbons (Fsp3) is 0.208. The molecular formula is C24H21N3O6S. The monoisotopic (exact) mass is 479 g/mol. The molecule has 2 N–H and O–H groups in total. The summed E-state index contributed by atoms with van der Waals surface area (Å²) >= 11 is 1.16. The number of carbonyl (C=O) groups excluding carboxylic acids is 1. The van der Waals surface area contributed by atoms with E-state index < -0.39 is 17.2 Å². The molecule has 0 radical (unpaired) electrons. The maximum atomic E-state index is 13.3. The van der Waals surface area contributed by atoms with Crippen molar-refractivity contribution in [1.29, 1.82) is 0 Å². The van der Waals surface area contributed by atoms with E-state index in [1.54, 1.807) is 20.9 Å². The highest BCUT2D eigenvalue weighted by Crippen LogP contribution is 2.48. The van der Waals surface area contributed by atoms with E-state index in [-0.39, 0.29) is 29.0 Å². The molecular weight excluding hydrogens is 458 g/mol. The third-order valence-corrected chi connectivity index (χ3v) is 6.96. The molecule has 10 heteroatoms. The third kappa shape index (κ3) is 3.02. The minimum Gasteiger partial charge on any atom is -0.505 e. The van der Waals surface area contributed by atoms with Gasteiger partial charge in [-0.25, -0.2) is 9.59 Å². The zero-order valence-electron chi connectivity index (χ0n) is 18.9. The average Bonchev–Trinajstić information content (AvgIpc) is 3.49. The molecule has 5 aromatic rings. The van der Waals surface area contributed by atoms with Crippen LogP contribution >= 0.6 is 11.3 Å². The Labute approximate surface area is 196 Å². The standard InChI is InChI=1S/C24H21N3O6S/c1-5-32-23(30)15-11(2)34-20(19(15)28)16-17-21(26(3)24(31)27(4)22(17)29)25-18(16)14-10-12-8-6-7-9-13(12)33-14/h6-10,25,28H,5H2,1-4H3. The molecule has 34 heavy (non-hydrogen) atoms. The van der Waals surface area contributed by atoms with Crippen molar-refractivity contribution in [3.63, 3.8) is 0 Å². The zero-order valence-corrected chi connectivity index (χ0v) is 19.7. The summed E-state index contributed by atoms with van der Waals surface area (Å²) in [5.74, 6) is -0.509. The number of hydrogen-bond donors (Lipinski definition) is 2. The topological polar surface area (TPSA) is 119 Å². The number of carbonyl (C=O) groups is 1. The fourth-order valence-corrected chi connectivity index (χ4v) is 5.28. The highest BCUT2D eigenvalue weighted by Gasteiger charge is 2.30. The van der Waals surface area contributed by atoms with Gasteiger partial charge >= 0.3 is 11.7 Å². The van der Waals surface area contributed by atoms with Gasteiger partial charge in [0.2, 0.25) is 0 Å². The first-order chi connectivity index (χ1) is 16.2. The van der Waals surface area contributed by atoms with Crippen LogP contribution < -0.4 is 11.2 Å². The summed E-state index contributed by atoms with van der Waals surface area (Å²) in [6.45, 7) is 3.54. The Balaban J connectivity index is 1.92. The molecule has 4 aromatic heterocycles. The largest absolute Gasteiger partial charge is 0.505 e. The molecule has 0 spiro atoms. The van der Waals surface area contributed by atoms with E-state index in [1.807, 2.05) is 30.3 Å². The van der Waals surface area contributed by atoms with Crippen LogP contribution in [0.5, 0.6) is 5.75 Å². The minimum absolute atomic E-state index is 0.0494. The molecule has 0 fully saturated rings. The lowest BCUT2D eigenvalue weighted by Crippen LogP contribution is -2.36.